The average Bonchev–Trinajstić information content (AvgIpc) is 2.94. The minimum atomic E-state index is -0.813. The Bertz CT molecular complexity index is 850. The van der Waals surface area contributed by atoms with Crippen LogP contribution in [0.25, 0.3) is 16.8 Å². The van der Waals surface area contributed by atoms with Gasteiger partial charge < -0.3 is 14.4 Å². The number of benzene rings is 1. The first-order valence-electron chi connectivity index (χ1n) is 6.44. The van der Waals surface area contributed by atoms with Gasteiger partial charge in [0.2, 0.25) is 5.78 Å². The van der Waals surface area contributed by atoms with Crippen LogP contribution in [0.3, 0.4) is 0 Å². The summed E-state index contributed by atoms with van der Waals surface area (Å²) in [6, 6.07) is 5.74. The van der Waals surface area contributed by atoms with E-state index in [9.17, 15) is 4.79 Å². The highest BCUT2D eigenvalue weighted by Crippen LogP contribution is 2.31. The Morgan fingerprint density at radius 1 is 1.48 bits per heavy atom. The average molecular weight is 352 g/mol. The lowest BCUT2D eigenvalue weighted by atomic mass is 10.2. The number of methoxy groups -OCH3 is 1. The molecular formula is C14H14BrN3O3. The van der Waals surface area contributed by atoms with Crippen molar-refractivity contribution in [3.63, 3.8) is 0 Å². The molecule has 0 aliphatic rings. The Balaban J connectivity index is 2.25. The summed E-state index contributed by atoms with van der Waals surface area (Å²) in [5.41, 5.74) is 2.62. The first kappa shape index (κ1) is 13.9. The molecular weight excluding hydrogens is 338 g/mol. The number of aryl methyl sites for hydroxylation is 1. The Morgan fingerprint density at radius 3 is 2.90 bits per heavy atom. The molecule has 110 valence electrons. The first-order valence-corrected chi connectivity index (χ1v) is 7.24. The lowest BCUT2D eigenvalue weighted by molar-refractivity contribution is -0.136. The molecule has 0 unspecified atom stereocenters. The van der Waals surface area contributed by atoms with Crippen LogP contribution < -0.4 is 4.74 Å². The number of carboxylic acids is 1. The monoisotopic (exact) mass is 351 g/mol. The fraction of sp³-hybridized carbons (Fsp3) is 0.286. The maximum absolute atomic E-state index is 10.8. The van der Waals surface area contributed by atoms with Crippen LogP contribution in [0.5, 0.6) is 5.75 Å². The molecule has 0 saturated carbocycles. The lowest BCUT2D eigenvalue weighted by Gasteiger charge is -2.03. The second kappa shape index (κ2) is 5.07. The predicted octanol–water partition coefficient (Wildman–Crippen LogP) is 2.61. The van der Waals surface area contributed by atoms with E-state index in [4.69, 9.17) is 9.84 Å². The van der Waals surface area contributed by atoms with Gasteiger partial charge in [0.1, 0.15) is 15.9 Å². The molecule has 0 spiro atoms. The summed E-state index contributed by atoms with van der Waals surface area (Å²) in [7, 11) is 3.50. The predicted molar refractivity (Wildman–Crippen MR) is 81.9 cm³/mol. The number of carboxylic acid groups (broad SMARTS) is 1. The summed E-state index contributed by atoms with van der Waals surface area (Å²) < 4.78 is 10.0. The zero-order valence-electron chi connectivity index (χ0n) is 11.6. The number of hydrogen-bond donors (Lipinski definition) is 1. The maximum atomic E-state index is 10.8. The van der Waals surface area contributed by atoms with Gasteiger partial charge in [0, 0.05) is 13.5 Å². The molecule has 2 aromatic heterocycles. The van der Waals surface area contributed by atoms with E-state index in [1.165, 1.54) is 0 Å². The summed E-state index contributed by atoms with van der Waals surface area (Å²) in [6.07, 6.45) is 0.530. The summed E-state index contributed by atoms with van der Waals surface area (Å²) in [6.45, 7) is 0. The van der Waals surface area contributed by atoms with E-state index >= 15 is 0 Å². The fourth-order valence-electron chi connectivity index (χ4n) is 2.53. The van der Waals surface area contributed by atoms with E-state index in [0.717, 1.165) is 32.9 Å². The molecule has 1 aromatic carbocycles. The molecule has 0 aliphatic carbocycles. The van der Waals surface area contributed by atoms with Crippen molar-refractivity contribution >= 4 is 38.7 Å². The van der Waals surface area contributed by atoms with Crippen LogP contribution in [0.1, 0.15) is 12.1 Å². The van der Waals surface area contributed by atoms with Crippen molar-refractivity contribution in [2.45, 2.75) is 12.8 Å². The number of imidazole rings is 2. The molecule has 0 amide bonds. The van der Waals surface area contributed by atoms with Crippen molar-refractivity contribution in [1.29, 1.82) is 0 Å². The molecule has 2 heterocycles. The molecule has 0 radical (unpaired) electrons. The lowest BCUT2D eigenvalue weighted by Crippen LogP contribution is -2.02. The zero-order valence-corrected chi connectivity index (χ0v) is 13.2. The highest BCUT2D eigenvalue weighted by molar-refractivity contribution is 9.10. The van der Waals surface area contributed by atoms with Gasteiger partial charge in [-0.3, -0.25) is 9.20 Å². The highest BCUT2D eigenvalue weighted by Gasteiger charge is 2.19. The summed E-state index contributed by atoms with van der Waals surface area (Å²) in [4.78, 5) is 15.4. The highest BCUT2D eigenvalue weighted by atomic mass is 79.9. The Labute approximate surface area is 129 Å². The van der Waals surface area contributed by atoms with Crippen molar-refractivity contribution in [2.75, 3.05) is 7.11 Å². The molecule has 6 nitrogen and oxygen atoms in total. The van der Waals surface area contributed by atoms with Gasteiger partial charge in [-0.25, -0.2) is 4.98 Å². The molecule has 3 aromatic rings. The van der Waals surface area contributed by atoms with Crippen molar-refractivity contribution in [2.24, 2.45) is 7.05 Å². The fourth-order valence-corrected chi connectivity index (χ4v) is 3.34. The SMILES string of the molecule is COc1cccc2c1nc1n(C)c(CCC(=O)O)c(Br)n21. The number of halogens is 1. The maximum Gasteiger partial charge on any atom is 0.303 e. The number of fused-ring (bicyclic) bond motifs is 3. The standard InChI is InChI=1S/C14H14BrN3O3/c1-17-9(6-7-11(19)20)13(15)18-8-4-3-5-10(21-2)12(8)16-14(17)18/h3-5H,6-7H2,1-2H3,(H,19,20). The molecule has 0 atom stereocenters. The van der Waals surface area contributed by atoms with Crippen LogP contribution >= 0.6 is 15.9 Å². The third kappa shape index (κ3) is 2.08. The number of hydrogen-bond acceptors (Lipinski definition) is 3. The Hall–Kier alpha value is -2.02. The molecule has 0 bridgehead atoms. The Morgan fingerprint density at radius 2 is 2.24 bits per heavy atom. The summed E-state index contributed by atoms with van der Waals surface area (Å²) >= 11 is 3.57. The number of aromatic nitrogens is 3. The van der Waals surface area contributed by atoms with Crippen LogP contribution in [0.4, 0.5) is 0 Å². The van der Waals surface area contributed by atoms with E-state index in [0.29, 0.717) is 6.42 Å². The number of aliphatic carboxylic acids is 1. The third-order valence-electron chi connectivity index (χ3n) is 3.57. The third-order valence-corrected chi connectivity index (χ3v) is 4.38. The van der Waals surface area contributed by atoms with E-state index in [2.05, 4.69) is 20.9 Å². The zero-order chi connectivity index (χ0) is 15.1. The van der Waals surface area contributed by atoms with Gasteiger partial charge in [0.15, 0.2) is 0 Å². The topological polar surface area (TPSA) is 68.8 Å². The minimum absolute atomic E-state index is 0.0842. The minimum Gasteiger partial charge on any atom is -0.494 e. The molecule has 3 rings (SSSR count). The molecule has 0 fully saturated rings. The smallest absolute Gasteiger partial charge is 0.303 e. The molecule has 0 saturated heterocycles. The second-order valence-electron chi connectivity index (χ2n) is 4.77. The van der Waals surface area contributed by atoms with Crippen LogP contribution in [0, 0.1) is 0 Å². The van der Waals surface area contributed by atoms with Gasteiger partial charge in [-0.05, 0) is 28.1 Å². The number of nitrogens with zero attached hydrogens (tertiary/aromatic N) is 3. The first-order chi connectivity index (χ1) is 10.0. The van der Waals surface area contributed by atoms with Gasteiger partial charge in [-0.2, -0.15) is 0 Å². The van der Waals surface area contributed by atoms with Crippen LogP contribution in [-0.2, 0) is 18.3 Å². The second-order valence-corrected chi connectivity index (χ2v) is 5.52. The summed E-state index contributed by atoms with van der Waals surface area (Å²) in [5.74, 6) is 0.657. The number of rotatable bonds is 4. The van der Waals surface area contributed by atoms with Gasteiger partial charge in [-0.1, -0.05) is 6.07 Å². The van der Waals surface area contributed by atoms with E-state index in [-0.39, 0.29) is 6.42 Å². The molecule has 1 N–H and O–H groups in total. The molecule has 7 heteroatoms. The van der Waals surface area contributed by atoms with Gasteiger partial charge in [0.25, 0.3) is 0 Å². The van der Waals surface area contributed by atoms with Crippen molar-refractivity contribution in [1.82, 2.24) is 14.0 Å². The van der Waals surface area contributed by atoms with E-state index < -0.39 is 5.97 Å². The largest absolute Gasteiger partial charge is 0.494 e. The van der Waals surface area contributed by atoms with Gasteiger partial charge >= 0.3 is 5.97 Å². The van der Waals surface area contributed by atoms with Crippen molar-refractivity contribution in [3.8, 4) is 5.75 Å². The number of ether oxygens (including phenoxy) is 1. The quantitative estimate of drug-likeness (QED) is 0.784. The van der Waals surface area contributed by atoms with Gasteiger partial charge in [0.05, 0.1) is 24.7 Å². The van der Waals surface area contributed by atoms with Crippen LogP contribution in [0.15, 0.2) is 22.8 Å². The summed E-state index contributed by atoms with van der Waals surface area (Å²) in [5, 5.41) is 8.86. The van der Waals surface area contributed by atoms with Crippen molar-refractivity contribution < 1.29 is 14.6 Å². The van der Waals surface area contributed by atoms with Crippen molar-refractivity contribution in [3.05, 3.63) is 28.5 Å². The van der Waals surface area contributed by atoms with E-state index in [1.54, 1.807) is 7.11 Å². The normalized spacial score (nSPS) is 11.4. The Kier molecular flexibility index (Phi) is 3.36. The molecule has 21 heavy (non-hydrogen) atoms. The van der Waals surface area contributed by atoms with E-state index in [1.807, 2.05) is 34.2 Å². The van der Waals surface area contributed by atoms with Crippen LogP contribution in [0.2, 0.25) is 0 Å². The molecule has 0 aliphatic heterocycles. The number of para-hydroxylation sites is 1. The van der Waals surface area contributed by atoms with Crippen LogP contribution in [-0.4, -0.2) is 32.1 Å². The number of carbonyl (C=O) groups is 1. The van der Waals surface area contributed by atoms with Gasteiger partial charge in [-0.15, -0.1) is 0 Å².